The van der Waals surface area contributed by atoms with Crippen LogP contribution in [0.3, 0.4) is 0 Å². The molecule has 0 fully saturated rings. The van der Waals surface area contributed by atoms with Crippen molar-refractivity contribution in [3.05, 3.63) is 122 Å². The topological polar surface area (TPSA) is 78.9 Å². The van der Waals surface area contributed by atoms with Crippen molar-refractivity contribution < 1.29 is 28.6 Å². The largest absolute Gasteiger partial charge is 0.462 e. The first-order valence-electron chi connectivity index (χ1n) is 32.5. The number of carbonyl (C=O) groups is 3. The van der Waals surface area contributed by atoms with Crippen LogP contribution in [0.2, 0.25) is 0 Å². The minimum atomic E-state index is -0.815. The molecule has 0 rings (SSSR count). The Labute approximate surface area is 482 Å². The Morgan fingerprint density at radius 3 is 0.833 bits per heavy atom. The fraction of sp³-hybridized carbons (Fsp3) is 0.681. The molecular formula is C72H120O6. The zero-order chi connectivity index (χ0) is 56.4. The third kappa shape index (κ3) is 62.7. The maximum Gasteiger partial charge on any atom is 0.306 e. The van der Waals surface area contributed by atoms with Crippen LogP contribution in [0.1, 0.15) is 297 Å². The molecule has 0 aliphatic rings. The molecule has 0 bridgehead atoms. The molecule has 0 saturated heterocycles. The highest BCUT2D eigenvalue weighted by Crippen LogP contribution is 2.17. The van der Waals surface area contributed by atoms with Gasteiger partial charge in [-0.25, -0.2) is 0 Å². The average Bonchev–Trinajstić information content (AvgIpc) is 3.44. The fourth-order valence-electron chi connectivity index (χ4n) is 8.93. The molecule has 1 unspecified atom stereocenters. The lowest BCUT2D eigenvalue weighted by molar-refractivity contribution is -0.166. The van der Waals surface area contributed by atoms with Gasteiger partial charge in [-0.2, -0.15) is 0 Å². The first-order chi connectivity index (χ1) is 38.5. The number of rotatable bonds is 58. The van der Waals surface area contributed by atoms with E-state index in [1.807, 2.05) is 6.08 Å². The van der Waals surface area contributed by atoms with Crippen molar-refractivity contribution in [3.63, 3.8) is 0 Å². The number of unbranched alkanes of at least 4 members (excludes halogenated alkanes) is 27. The van der Waals surface area contributed by atoms with Crippen molar-refractivity contribution >= 4 is 17.9 Å². The van der Waals surface area contributed by atoms with E-state index < -0.39 is 12.1 Å². The molecule has 0 N–H and O–H groups in total. The predicted molar refractivity (Wildman–Crippen MR) is 339 cm³/mol. The zero-order valence-corrected chi connectivity index (χ0v) is 50.9. The molecule has 1 atom stereocenters. The van der Waals surface area contributed by atoms with E-state index >= 15 is 0 Å². The van der Waals surface area contributed by atoms with Crippen molar-refractivity contribution in [1.29, 1.82) is 0 Å². The van der Waals surface area contributed by atoms with Crippen LogP contribution in [0.25, 0.3) is 0 Å². The molecule has 0 radical (unpaired) electrons. The third-order valence-electron chi connectivity index (χ3n) is 13.7. The first-order valence-corrected chi connectivity index (χ1v) is 32.5. The highest BCUT2D eigenvalue weighted by atomic mass is 16.6. The number of hydrogen-bond donors (Lipinski definition) is 0. The fourth-order valence-corrected chi connectivity index (χ4v) is 8.93. The normalized spacial score (nSPS) is 12.9. The van der Waals surface area contributed by atoms with Crippen molar-refractivity contribution in [2.24, 2.45) is 0 Å². The van der Waals surface area contributed by atoms with Gasteiger partial charge in [0.2, 0.25) is 0 Å². The van der Waals surface area contributed by atoms with E-state index in [9.17, 15) is 14.4 Å². The predicted octanol–water partition coefficient (Wildman–Crippen LogP) is 22.4. The lowest BCUT2D eigenvalue weighted by atomic mass is 10.0. The number of carbonyl (C=O) groups excluding carboxylic acids is 3. The Kier molecular flexibility index (Phi) is 61.8. The zero-order valence-electron chi connectivity index (χ0n) is 50.9. The summed E-state index contributed by atoms with van der Waals surface area (Å²) >= 11 is 0. The summed E-state index contributed by atoms with van der Waals surface area (Å²) in [5.74, 6) is -0.996. The summed E-state index contributed by atoms with van der Waals surface area (Å²) < 4.78 is 16.7. The molecular weight excluding hydrogens is 961 g/mol. The van der Waals surface area contributed by atoms with Crippen LogP contribution in [0.5, 0.6) is 0 Å². The number of hydrogen-bond acceptors (Lipinski definition) is 6. The summed E-state index contributed by atoms with van der Waals surface area (Å²) in [7, 11) is 0. The average molecular weight is 1080 g/mol. The van der Waals surface area contributed by atoms with Gasteiger partial charge in [-0.15, -0.1) is 0 Å². The number of allylic oxidation sites excluding steroid dienone is 20. The van der Waals surface area contributed by atoms with E-state index in [0.29, 0.717) is 19.3 Å². The van der Waals surface area contributed by atoms with Crippen LogP contribution in [-0.4, -0.2) is 37.2 Å². The van der Waals surface area contributed by atoms with Crippen molar-refractivity contribution in [1.82, 2.24) is 0 Å². The molecule has 0 aromatic heterocycles. The second-order valence-corrected chi connectivity index (χ2v) is 21.3. The van der Waals surface area contributed by atoms with Gasteiger partial charge >= 0.3 is 17.9 Å². The third-order valence-corrected chi connectivity index (χ3v) is 13.7. The Hall–Kier alpha value is -4.19. The van der Waals surface area contributed by atoms with Gasteiger partial charge in [0.25, 0.3) is 0 Å². The Balaban J connectivity index is 4.03. The van der Waals surface area contributed by atoms with Gasteiger partial charge in [0.15, 0.2) is 6.10 Å². The molecule has 0 aromatic rings. The minimum Gasteiger partial charge on any atom is -0.462 e. The molecule has 0 aliphatic heterocycles. The Morgan fingerprint density at radius 2 is 0.526 bits per heavy atom. The lowest BCUT2D eigenvalue weighted by Gasteiger charge is -2.18. The van der Waals surface area contributed by atoms with E-state index in [0.717, 1.165) is 103 Å². The smallest absolute Gasteiger partial charge is 0.306 e. The highest BCUT2D eigenvalue weighted by molar-refractivity contribution is 5.71. The second kappa shape index (κ2) is 65.3. The molecule has 444 valence electrons. The van der Waals surface area contributed by atoms with E-state index in [1.165, 1.54) is 148 Å². The summed E-state index contributed by atoms with van der Waals surface area (Å²) in [6.45, 7) is 6.30. The van der Waals surface area contributed by atoms with E-state index in [1.54, 1.807) is 0 Å². The lowest BCUT2D eigenvalue weighted by Crippen LogP contribution is -2.30. The standard InChI is InChI=1S/C72H120O6/c1-4-7-10-13-16-18-20-22-24-26-28-29-30-31-32-33-34-35-36-37-38-39-40-41-42-43-45-46-48-50-52-54-56-59-62-65-71(74)77-68-69(67-76-70(73)64-61-58-15-12-9-6-3)78-72(75)66-63-60-57-55-53-51-49-47-44-27-25-23-21-19-17-14-11-8-5-2/h7-8,10-11,16-19,22-25,28-29,44,47,51,53,57,60,69H,4-6,9,12-15,20-21,26-27,30-43,45-46,48-50,52,54-56,58-59,61-68H2,1-3H3/b10-7-,11-8-,18-16-,19-17-,24-22-,25-23-,29-28-,47-44-,53-51-,60-57-. The molecule has 0 heterocycles. The van der Waals surface area contributed by atoms with Gasteiger partial charge in [-0.05, 0) is 96.3 Å². The highest BCUT2D eigenvalue weighted by Gasteiger charge is 2.19. The Bertz CT molecular complexity index is 1620. The van der Waals surface area contributed by atoms with Crippen LogP contribution in [-0.2, 0) is 28.6 Å². The molecule has 0 saturated carbocycles. The second-order valence-electron chi connectivity index (χ2n) is 21.3. The summed E-state index contributed by atoms with van der Waals surface area (Å²) in [5.41, 5.74) is 0. The van der Waals surface area contributed by atoms with Gasteiger partial charge < -0.3 is 14.2 Å². The van der Waals surface area contributed by atoms with Crippen molar-refractivity contribution in [2.45, 2.75) is 303 Å². The summed E-state index contributed by atoms with van der Waals surface area (Å²) in [5, 5.41) is 0. The minimum absolute atomic E-state index is 0.107. The monoisotopic (exact) mass is 1080 g/mol. The summed E-state index contributed by atoms with van der Waals surface area (Å²) in [4.78, 5) is 37.9. The van der Waals surface area contributed by atoms with Gasteiger partial charge in [0.05, 0.1) is 0 Å². The van der Waals surface area contributed by atoms with Crippen LogP contribution in [0, 0.1) is 0 Å². The summed E-state index contributed by atoms with van der Waals surface area (Å²) in [6.07, 6.45) is 91.4. The van der Waals surface area contributed by atoms with Gasteiger partial charge in [-0.1, -0.05) is 303 Å². The Morgan fingerprint density at radius 1 is 0.269 bits per heavy atom. The summed E-state index contributed by atoms with van der Waals surface area (Å²) in [6, 6.07) is 0. The molecule has 0 aliphatic carbocycles. The van der Waals surface area contributed by atoms with Gasteiger partial charge in [0, 0.05) is 19.3 Å². The molecule has 6 heteroatoms. The molecule has 6 nitrogen and oxygen atoms in total. The van der Waals surface area contributed by atoms with E-state index in [4.69, 9.17) is 14.2 Å². The maximum absolute atomic E-state index is 12.8. The number of ether oxygens (including phenoxy) is 3. The van der Waals surface area contributed by atoms with Crippen molar-refractivity contribution in [2.75, 3.05) is 13.2 Å². The van der Waals surface area contributed by atoms with E-state index in [-0.39, 0.29) is 31.6 Å². The molecule has 0 aromatic carbocycles. The first kappa shape index (κ1) is 73.8. The van der Waals surface area contributed by atoms with Crippen molar-refractivity contribution in [3.8, 4) is 0 Å². The van der Waals surface area contributed by atoms with Crippen LogP contribution >= 0.6 is 0 Å². The quantitative estimate of drug-likeness (QED) is 0.0261. The van der Waals surface area contributed by atoms with E-state index in [2.05, 4.69) is 136 Å². The van der Waals surface area contributed by atoms with Crippen LogP contribution in [0.4, 0.5) is 0 Å². The van der Waals surface area contributed by atoms with Crippen LogP contribution < -0.4 is 0 Å². The van der Waals surface area contributed by atoms with Gasteiger partial charge in [-0.3, -0.25) is 14.4 Å². The maximum atomic E-state index is 12.8. The SMILES string of the molecule is CC/C=C\C/C=C\C/C=C\C/C=C\C/C=C\C/C=C\CCC(=O)OC(COC(=O)CCCCCCCC)COC(=O)CCCCCCCCCCCCCCCCCCCCCCCC/C=C\C/C=C\C/C=C\C/C=C\CC. The molecule has 0 amide bonds. The molecule has 78 heavy (non-hydrogen) atoms. The molecule has 0 spiro atoms. The van der Waals surface area contributed by atoms with Crippen LogP contribution in [0.15, 0.2) is 122 Å². The van der Waals surface area contributed by atoms with Gasteiger partial charge in [0.1, 0.15) is 13.2 Å². The number of esters is 3.